The fraction of sp³-hybridized carbons (Fsp3) is 1.00. The Morgan fingerprint density at radius 3 is 0.406 bits per heavy atom. The maximum atomic E-state index is 11.2. The van der Waals surface area contributed by atoms with Gasteiger partial charge in [-0.2, -0.15) is 0 Å². The van der Waals surface area contributed by atoms with Gasteiger partial charge in [-0.1, -0.05) is 10.4 Å². The first-order valence-electron chi connectivity index (χ1n) is 12.7. The van der Waals surface area contributed by atoms with Crippen molar-refractivity contribution < 1.29 is 10.2 Å². The summed E-state index contributed by atoms with van der Waals surface area (Å²) in [6, 6.07) is 0. The predicted octanol–water partition coefficient (Wildman–Crippen LogP) is -18.1. The van der Waals surface area contributed by atoms with Crippen LogP contribution < -0.4 is 0 Å². The van der Waals surface area contributed by atoms with Gasteiger partial charge in [0.05, 0.1) is 126 Å². The van der Waals surface area contributed by atoms with Gasteiger partial charge in [0, 0.05) is 0 Å². The van der Waals surface area contributed by atoms with Gasteiger partial charge in [0.15, 0.2) is 0 Å². The molecular weight excluding hydrogens is 368 g/mol. The minimum absolute atomic E-state index is 0.109. The molecule has 0 radical (unpaired) electrons. The van der Waals surface area contributed by atoms with Gasteiger partial charge in [-0.15, -0.1) is 31.3 Å². The van der Waals surface area contributed by atoms with Gasteiger partial charge >= 0.3 is 0 Å². The third-order valence-corrected chi connectivity index (χ3v) is 14.0. The van der Waals surface area contributed by atoms with Gasteiger partial charge in [-0.3, -0.25) is 0 Å². The Hall–Kier alpha value is 1.22. The first kappa shape index (κ1) is 33.2. The number of aliphatic hydroxyl groups is 2. The standard InChI is InChI=1S/C10H42B20O2/c11-1(12,3(15,16)5(19,20)7(23,24)9(27,28)31)2(13,14)4(17,18)6(21,22)8(25,26)10(29,30)32/h31-32H,11-30H2. The van der Waals surface area contributed by atoms with Crippen molar-refractivity contribution in [2.75, 3.05) is 0 Å². The molecule has 0 bridgehead atoms. The molecule has 0 atom stereocenters. The summed E-state index contributed by atoms with van der Waals surface area (Å²) < 4.78 is 0. The van der Waals surface area contributed by atoms with Gasteiger partial charge in [0.1, 0.15) is 31.4 Å². The highest BCUT2D eigenvalue weighted by Gasteiger charge is 2.65. The molecule has 0 aromatic carbocycles. The first-order valence-corrected chi connectivity index (χ1v) is 12.7. The van der Waals surface area contributed by atoms with E-state index < -0.39 is 10.8 Å². The van der Waals surface area contributed by atoms with Crippen LogP contribution in [-0.4, -0.2) is 178 Å². The minimum Gasteiger partial charge on any atom is -0.409 e. The van der Waals surface area contributed by atoms with Gasteiger partial charge in [0.2, 0.25) is 0 Å². The summed E-state index contributed by atoms with van der Waals surface area (Å²) in [7, 11) is 45.2. The van der Waals surface area contributed by atoms with Crippen molar-refractivity contribution in [3.8, 4) is 0 Å². The van der Waals surface area contributed by atoms with Crippen molar-refractivity contribution >= 4 is 157 Å². The molecule has 154 valence electrons. The third-order valence-electron chi connectivity index (χ3n) is 14.0. The van der Waals surface area contributed by atoms with Gasteiger partial charge in [-0.25, -0.2) is 0 Å². The molecule has 0 rings (SSSR count). The molecule has 0 unspecified atom stereocenters. The van der Waals surface area contributed by atoms with Crippen molar-refractivity contribution in [1.82, 2.24) is 0 Å². The monoisotopic (exact) mass is 415 g/mol. The Morgan fingerprint density at radius 2 is 0.312 bits per heavy atom. The molecule has 0 spiro atoms. The van der Waals surface area contributed by atoms with Crippen molar-refractivity contribution in [3.05, 3.63) is 0 Å². The van der Waals surface area contributed by atoms with E-state index in [-0.39, 0.29) is 41.7 Å². The van der Waals surface area contributed by atoms with Crippen LogP contribution in [0.2, 0.25) is 41.7 Å². The molecule has 0 aromatic heterocycles. The summed E-state index contributed by atoms with van der Waals surface area (Å²) in [4.78, 5) is 0. The van der Waals surface area contributed by atoms with E-state index in [0.717, 1.165) is 0 Å². The smallest absolute Gasteiger partial charge is 0.130 e. The fourth-order valence-corrected chi connectivity index (χ4v) is 6.22. The summed E-state index contributed by atoms with van der Waals surface area (Å²) in [5.41, 5.74) is 0. The van der Waals surface area contributed by atoms with E-state index in [0.29, 0.717) is 0 Å². The van der Waals surface area contributed by atoms with Crippen LogP contribution in [0.5, 0.6) is 0 Å². The molecule has 0 aromatic rings. The molecule has 0 aliphatic heterocycles. The lowest BCUT2D eigenvalue weighted by atomic mass is 8.99. The highest BCUT2D eigenvalue weighted by atomic mass is 16.3. The molecule has 22 heteroatoms. The van der Waals surface area contributed by atoms with E-state index in [4.69, 9.17) is 0 Å². The van der Waals surface area contributed by atoms with Gasteiger partial charge in [0.25, 0.3) is 0 Å². The van der Waals surface area contributed by atoms with Crippen LogP contribution in [0.3, 0.4) is 0 Å². The molecule has 0 heterocycles. The van der Waals surface area contributed by atoms with E-state index in [1.807, 2.05) is 31.4 Å². The number of hydrogen-bond donors (Lipinski definition) is 2. The minimum atomic E-state index is -0.814. The predicted molar refractivity (Wildman–Crippen MR) is 202 cm³/mol. The van der Waals surface area contributed by atoms with Crippen LogP contribution in [-0.2, 0) is 0 Å². The Labute approximate surface area is 219 Å². The zero-order valence-electron chi connectivity index (χ0n) is 25.9. The van der Waals surface area contributed by atoms with Crippen LogP contribution in [0.15, 0.2) is 0 Å². The normalized spacial score (nSPS) is 16.4. The largest absolute Gasteiger partial charge is 0.409 e. The van der Waals surface area contributed by atoms with Crippen molar-refractivity contribution in [1.29, 1.82) is 0 Å². The maximum absolute atomic E-state index is 11.2. The summed E-state index contributed by atoms with van der Waals surface area (Å²) in [6.07, 6.45) is 0. The average Bonchev–Trinajstić information content (AvgIpc) is 2.51. The maximum Gasteiger partial charge on any atom is 0.130 e. The number of hydrogen-bond acceptors (Lipinski definition) is 2. The summed E-state index contributed by atoms with van der Waals surface area (Å²) in [5, 5.41) is 19.3. The second kappa shape index (κ2) is 8.38. The van der Waals surface area contributed by atoms with Gasteiger partial charge < -0.3 is 10.2 Å². The van der Waals surface area contributed by atoms with Crippen LogP contribution in [0, 0.1) is 0 Å². The van der Waals surface area contributed by atoms with Crippen LogP contribution in [0.25, 0.3) is 0 Å². The van der Waals surface area contributed by atoms with Gasteiger partial charge in [-0.05, 0) is 10.8 Å². The Morgan fingerprint density at radius 1 is 0.219 bits per heavy atom. The second-order valence-electron chi connectivity index (χ2n) is 16.1. The van der Waals surface area contributed by atoms with Crippen molar-refractivity contribution in [3.63, 3.8) is 0 Å². The third kappa shape index (κ3) is 4.22. The molecule has 2 nitrogen and oxygen atoms in total. The molecule has 0 saturated heterocycles. The molecule has 32 heavy (non-hydrogen) atoms. The highest BCUT2D eigenvalue weighted by Crippen LogP contribution is 2.78. The zero-order chi connectivity index (χ0) is 27.0. The molecule has 0 aliphatic rings. The topological polar surface area (TPSA) is 40.5 Å². The zero-order valence-corrected chi connectivity index (χ0v) is 25.9. The summed E-state index contributed by atoms with van der Waals surface area (Å²) >= 11 is 0. The first-order chi connectivity index (χ1) is 13.2. The van der Waals surface area contributed by atoms with E-state index in [9.17, 15) is 10.2 Å². The SMILES string of the molecule is BC(B)(O)C(B)(B)C(B)(B)C(B)(B)C(B)(B)C(B)(B)C(B)(B)C(B)(B)C(B)(B)C(B)(B)O. The second-order valence-corrected chi connectivity index (χ2v) is 16.1. The molecule has 0 saturated carbocycles. The van der Waals surface area contributed by atoms with Crippen LogP contribution in [0.1, 0.15) is 0 Å². The van der Waals surface area contributed by atoms with Crippen molar-refractivity contribution in [2.45, 2.75) is 52.5 Å². The van der Waals surface area contributed by atoms with E-state index >= 15 is 0 Å². The summed E-state index contributed by atoms with van der Waals surface area (Å²) in [6.45, 7) is 0. The number of rotatable bonds is 9. The molecule has 0 fully saturated rings. The molecular formula is C10H42B20O2. The van der Waals surface area contributed by atoms with Crippen LogP contribution in [0.4, 0.5) is 0 Å². The molecule has 0 amide bonds. The lowest BCUT2D eigenvalue weighted by Crippen LogP contribution is -2.64. The Bertz CT molecular complexity index is 636. The Balaban J connectivity index is 7.00. The van der Waals surface area contributed by atoms with Crippen LogP contribution >= 0.6 is 0 Å². The average molecular weight is 411 g/mol. The highest BCUT2D eigenvalue weighted by molar-refractivity contribution is 6.74. The fourth-order valence-electron chi connectivity index (χ4n) is 6.22. The van der Waals surface area contributed by atoms with Crippen molar-refractivity contribution in [2.24, 2.45) is 0 Å². The molecule has 2 N–H and O–H groups in total. The van der Waals surface area contributed by atoms with E-state index in [2.05, 4.69) is 126 Å². The van der Waals surface area contributed by atoms with E-state index in [1.54, 1.807) is 0 Å². The van der Waals surface area contributed by atoms with E-state index in [1.165, 1.54) is 0 Å². The quantitative estimate of drug-likeness (QED) is 0.371. The lowest BCUT2D eigenvalue weighted by molar-refractivity contribution is 0.167. The molecule has 0 aliphatic carbocycles. The lowest BCUT2D eigenvalue weighted by Gasteiger charge is -2.73. The summed E-state index contributed by atoms with van der Waals surface area (Å²) in [5.74, 6) is 0. The Kier molecular flexibility index (Phi) is 8.70.